The van der Waals surface area contributed by atoms with E-state index in [1.54, 1.807) is 0 Å². The molecule has 0 saturated carbocycles. The molecule has 0 amide bonds. The van der Waals surface area contributed by atoms with Gasteiger partial charge < -0.3 is 10.2 Å². The van der Waals surface area contributed by atoms with Gasteiger partial charge in [0.25, 0.3) is 5.69 Å². The molecule has 0 unspecified atom stereocenters. The predicted molar refractivity (Wildman–Crippen MR) is 48.0 cm³/mol. The zero-order valence-corrected chi connectivity index (χ0v) is 7.39. The Morgan fingerprint density at radius 3 is 2.21 bits per heavy atom. The summed E-state index contributed by atoms with van der Waals surface area (Å²) in [4.78, 5) is 20.2. The second-order valence-electron chi connectivity index (χ2n) is 2.34. The molecule has 6 nitrogen and oxygen atoms in total. The lowest BCUT2D eigenvalue weighted by Crippen LogP contribution is -2.01. The van der Waals surface area contributed by atoms with Crippen LogP contribution in [0.4, 0.5) is 5.69 Å². The quantitative estimate of drug-likeness (QED) is 0.302. The molecule has 0 aromatic heterocycles. The van der Waals surface area contributed by atoms with Gasteiger partial charge in [-0.2, -0.15) is 0 Å². The van der Waals surface area contributed by atoms with Crippen LogP contribution in [0, 0.1) is 10.1 Å². The highest BCUT2D eigenvalue weighted by molar-refractivity contribution is 5.69. The predicted octanol–water partition coefficient (Wildman–Crippen LogP) is 0.695. The highest BCUT2D eigenvalue weighted by atomic mass is 16.6. The first-order valence-electron chi connectivity index (χ1n) is 3.52. The van der Waals surface area contributed by atoms with E-state index in [1.807, 2.05) is 0 Å². The summed E-state index contributed by atoms with van der Waals surface area (Å²) >= 11 is 0. The Hall–Kier alpha value is -1.95. The minimum Gasteiger partial charge on any atom is -0.427 e. The van der Waals surface area contributed by atoms with Crippen molar-refractivity contribution in [3.05, 3.63) is 34.4 Å². The molecule has 2 N–H and O–H groups in total. The van der Waals surface area contributed by atoms with E-state index in [1.165, 1.54) is 31.2 Å². The molecule has 0 fully saturated rings. The number of nitro benzene ring substituents is 1. The number of carbonyl (C=O) groups is 1. The van der Waals surface area contributed by atoms with Crippen LogP contribution in [0.25, 0.3) is 0 Å². The molecular formula is C8H9NO5. The van der Waals surface area contributed by atoms with E-state index in [4.69, 9.17) is 0 Å². The molecule has 1 aromatic rings. The number of benzene rings is 1. The third-order valence-electron chi connectivity index (χ3n) is 1.31. The molecule has 0 bridgehead atoms. The maximum Gasteiger partial charge on any atom is 0.308 e. The number of esters is 1. The molecule has 0 radical (unpaired) electrons. The summed E-state index contributed by atoms with van der Waals surface area (Å²) in [5.41, 5.74) is -0.0316. The van der Waals surface area contributed by atoms with E-state index in [0.29, 0.717) is 5.75 Å². The molecule has 0 spiro atoms. The Bertz CT molecular complexity index is 332. The molecule has 76 valence electrons. The average molecular weight is 199 g/mol. The number of nitro groups is 1. The van der Waals surface area contributed by atoms with Crippen molar-refractivity contribution in [2.45, 2.75) is 6.92 Å². The maximum absolute atomic E-state index is 10.5. The van der Waals surface area contributed by atoms with E-state index in [9.17, 15) is 14.9 Å². The van der Waals surface area contributed by atoms with E-state index >= 15 is 0 Å². The summed E-state index contributed by atoms with van der Waals surface area (Å²) in [7, 11) is 0. The molecule has 0 aliphatic carbocycles. The van der Waals surface area contributed by atoms with Crippen molar-refractivity contribution < 1.29 is 19.9 Å². The fourth-order valence-corrected chi connectivity index (χ4v) is 0.802. The monoisotopic (exact) mass is 199 g/mol. The van der Waals surface area contributed by atoms with Gasteiger partial charge in [0.05, 0.1) is 4.92 Å². The van der Waals surface area contributed by atoms with Crippen molar-refractivity contribution in [1.29, 1.82) is 0 Å². The van der Waals surface area contributed by atoms with Gasteiger partial charge in [-0.15, -0.1) is 0 Å². The second-order valence-corrected chi connectivity index (χ2v) is 2.34. The van der Waals surface area contributed by atoms with Crippen molar-refractivity contribution in [3.8, 4) is 5.75 Å². The van der Waals surface area contributed by atoms with Crippen LogP contribution in [0.1, 0.15) is 6.92 Å². The van der Waals surface area contributed by atoms with E-state index < -0.39 is 10.9 Å². The van der Waals surface area contributed by atoms with E-state index in [2.05, 4.69) is 4.74 Å². The summed E-state index contributed by atoms with van der Waals surface area (Å²) < 4.78 is 4.69. The number of nitrogens with zero attached hydrogens (tertiary/aromatic N) is 1. The van der Waals surface area contributed by atoms with Gasteiger partial charge in [-0.3, -0.25) is 14.9 Å². The number of ether oxygens (including phenoxy) is 1. The third kappa shape index (κ3) is 3.20. The van der Waals surface area contributed by atoms with Gasteiger partial charge in [-0.05, 0) is 12.1 Å². The van der Waals surface area contributed by atoms with Crippen LogP contribution in [0.15, 0.2) is 24.3 Å². The third-order valence-corrected chi connectivity index (χ3v) is 1.31. The zero-order chi connectivity index (χ0) is 9.84. The van der Waals surface area contributed by atoms with Gasteiger partial charge >= 0.3 is 5.97 Å². The normalized spacial score (nSPS) is 8.64. The van der Waals surface area contributed by atoms with Gasteiger partial charge in [-0.1, -0.05) is 0 Å². The number of non-ortho nitro benzene ring substituents is 1. The van der Waals surface area contributed by atoms with E-state index in [0.717, 1.165) is 0 Å². The Kier molecular flexibility index (Phi) is 4.24. The van der Waals surface area contributed by atoms with Crippen LogP contribution in [0.2, 0.25) is 0 Å². The Balaban J connectivity index is 0.00000169. The summed E-state index contributed by atoms with van der Waals surface area (Å²) in [5.74, 6) is -0.146. The molecule has 1 rings (SSSR count). The van der Waals surface area contributed by atoms with Crippen molar-refractivity contribution in [2.24, 2.45) is 0 Å². The van der Waals surface area contributed by atoms with Crippen molar-refractivity contribution in [3.63, 3.8) is 0 Å². The molecule has 14 heavy (non-hydrogen) atoms. The van der Waals surface area contributed by atoms with Crippen molar-refractivity contribution in [2.75, 3.05) is 0 Å². The first-order valence-corrected chi connectivity index (χ1v) is 3.52. The van der Waals surface area contributed by atoms with E-state index in [-0.39, 0.29) is 11.2 Å². The number of carbonyl (C=O) groups excluding carboxylic acids is 1. The SMILES string of the molecule is CC(=O)Oc1ccc([N+](=O)[O-])cc1.O. The smallest absolute Gasteiger partial charge is 0.308 e. The second kappa shape index (κ2) is 4.93. The van der Waals surface area contributed by atoms with Gasteiger partial charge in [0, 0.05) is 19.1 Å². The Morgan fingerprint density at radius 1 is 1.36 bits per heavy atom. The molecule has 6 heteroatoms. The molecule has 0 aliphatic rings. The van der Waals surface area contributed by atoms with Crippen LogP contribution in [0.5, 0.6) is 5.75 Å². The number of hydrogen-bond acceptors (Lipinski definition) is 4. The lowest BCUT2D eigenvalue weighted by atomic mass is 10.3. The Labute approximate surface area is 79.6 Å². The average Bonchev–Trinajstić information content (AvgIpc) is 2.04. The van der Waals surface area contributed by atoms with Crippen molar-refractivity contribution >= 4 is 11.7 Å². The fourth-order valence-electron chi connectivity index (χ4n) is 0.802. The largest absolute Gasteiger partial charge is 0.427 e. The van der Waals surface area contributed by atoms with Gasteiger partial charge in [0.15, 0.2) is 0 Å². The first-order chi connectivity index (χ1) is 6.09. The minimum atomic E-state index is -0.516. The lowest BCUT2D eigenvalue weighted by Gasteiger charge is -1.98. The number of hydrogen-bond donors (Lipinski definition) is 0. The van der Waals surface area contributed by atoms with Crippen LogP contribution in [-0.4, -0.2) is 16.4 Å². The summed E-state index contributed by atoms with van der Waals surface area (Å²) in [6.45, 7) is 1.27. The molecule has 0 atom stereocenters. The van der Waals surface area contributed by atoms with Gasteiger partial charge in [-0.25, -0.2) is 0 Å². The van der Waals surface area contributed by atoms with Gasteiger partial charge in [0.1, 0.15) is 5.75 Å². The summed E-state index contributed by atoms with van der Waals surface area (Å²) in [6, 6.07) is 5.30. The topological polar surface area (TPSA) is 101 Å². The molecular weight excluding hydrogens is 190 g/mol. The zero-order valence-electron chi connectivity index (χ0n) is 7.39. The van der Waals surface area contributed by atoms with Crippen LogP contribution in [-0.2, 0) is 4.79 Å². The molecule has 0 aliphatic heterocycles. The minimum absolute atomic E-state index is 0. The van der Waals surface area contributed by atoms with Crippen LogP contribution >= 0.6 is 0 Å². The first kappa shape index (κ1) is 12.0. The number of rotatable bonds is 2. The maximum atomic E-state index is 10.5. The van der Waals surface area contributed by atoms with Gasteiger partial charge in [0.2, 0.25) is 0 Å². The highest BCUT2D eigenvalue weighted by Gasteiger charge is 2.04. The lowest BCUT2D eigenvalue weighted by molar-refractivity contribution is -0.384. The van der Waals surface area contributed by atoms with Crippen molar-refractivity contribution in [1.82, 2.24) is 0 Å². The van der Waals surface area contributed by atoms with Crippen LogP contribution < -0.4 is 4.74 Å². The molecule has 0 saturated heterocycles. The molecule has 1 aromatic carbocycles. The standard InChI is InChI=1S/C8H7NO4.H2O/c1-6(10)13-8-4-2-7(3-5-8)9(11)12;/h2-5H,1H3;1H2. The van der Waals surface area contributed by atoms with Crippen LogP contribution in [0.3, 0.4) is 0 Å². The Morgan fingerprint density at radius 2 is 1.86 bits per heavy atom. The highest BCUT2D eigenvalue weighted by Crippen LogP contribution is 2.17. The molecule has 0 heterocycles. The fraction of sp³-hybridized carbons (Fsp3) is 0.125. The summed E-state index contributed by atoms with van der Waals surface area (Å²) in [6.07, 6.45) is 0. The summed E-state index contributed by atoms with van der Waals surface area (Å²) in [5, 5.41) is 10.2.